The van der Waals surface area contributed by atoms with Crippen molar-refractivity contribution < 1.29 is 22.7 Å². The van der Waals surface area contributed by atoms with Crippen molar-refractivity contribution in [2.75, 3.05) is 5.75 Å². The predicted molar refractivity (Wildman–Crippen MR) is 103 cm³/mol. The number of benzene rings is 2. The molecule has 2 atom stereocenters. The zero-order valence-corrected chi connectivity index (χ0v) is 16.7. The number of aryl methyl sites for hydroxylation is 2. The van der Waals surface area contributed by atoms with Gasteiger partial charge in [-0.15, -0.1) is 0 Å². The zero-order chi connectivity index (χ0) is 20.2. The van der Waals surface area contributed by atoms with Crippen molar-refractivity contribution in [2.45, 2.75) is 38.7 Å². The van der Waals surface area contributed by atoms with Gasteiger partial charge in [-0.05, 0) is 32.9 Å². The number of carbonyl (C=O) groups excluding carboxylic acids is 2. The van der Waals surface area contributed by atoms with Crippen LogP contribution in [0.2, 0.25) is 0 Å². The Morgan fingerprint density at radius 3 is 1.89 bits per heavy atom. The van der Waals surface area contributed by atoms with Crippen molar-refractivity contribution in [1.29, 1.82) is 0 Å². The van der Waals surface area contributed by atoms with Crippen LogP contribution in [0.15, 0.2) is 53.4 Å². The van der Waals surface area contributed by atoms with E-state index in [0.717, 1.165) is 11.1 Å². The monoisotopic (exact) mass is 388 g/mol. The van der Waals surface area contributed by atoms with Gasteiger partial charge in [-0.25, -0.2) is 8.42 Å². The van der Waals surface area contributed by atoms with Gasteiger partial charge >= 0.3 is 5.97 Å². The van der Waals surface area contributed by atoms with Crippen molar-refractivity contribution in [2.24, 2.45) is 5.92 Å². The van der Waals surface area contributed by atoms with Crippen LogP contribution in [0.1, 0.15) is 35.3 Å². The Morgan fingerprint density at radius 1 is 0.926 bits per heavy atom. The molecule has 0 amide bonds. The quantitative estimate of drug-likeness (QED) is 0.536. The van der Waals surface area contributed by atoms with Gasteiger partial charge < -0.3 is 4.74 Å². The summed E-state index contributed by atoms with van der Waals surface area (Å²) in [5.41, 5.74) is 2.32. The number of hydrogen-bond donors (Lipinski definition) is 0. The van der Waals surface area contributed by atoms with Crippen LogP contribution in [-0.2, 0) is 19.4 Å². The summed E-state index contributed by atoms with van der Waals surface area (Å²) in [5, 5.41) is 0. The molecule has 2 rings (SSSR count). The molecular weight excluding hydrogens is 364 g/mol. The van der Waals surface area contributed by atoms with E-state index in [9.17, 15) is 18.0 Å². The standard InChI is InChI=1S/C21H24O5S/c1-14-5-9-18(10-6-14)21(23)20(16(3)26-17(4)22)13-27(24,25)19-11-7-15(2)8-12-19/h5-12,16,20H,13H2,1-4H3/t16-,20-/m0/s1. The van der Waals surface area contributed by atoms with Crippen LogP contribution in [0.4, 0.5) is 0 Å². The maximum atomic E-state index is 13.0. The van der Waals surface area contributed by atoms with Crippen molar-refractivity contribution in [3.8, 4) is 0 Å². The lowest BCUT2D eigenvalue weighted by Gasteiger charge is -2.23. The van der Waals surface area contributed by atoms with E-state index in [2.05, 4.69) is 0 Å². The van der Waals surface area contributed by atoms with Gasteiger partial charge in [0.05, 0.1) is 16.6 Å². The summed E-state index contributed by atoms with van der Waals surface area (Å²) in [6.45, 7) is 6.54. The van der Waals surface area contributed by atoms with E-state index in [4.69, 9.17) is 4.74 Å². The molecule has 0 aromatic heterocycles. The van der Waals surface area contributed by atoms with Gasteiger partial charge in [-0.2, -0.15) is 0 Å². The summed E-state index contributed by atoms with van der Waals surface area (Å²) in [6, 6.07) is 13.3. The van der Waals surface area contributed by atoms with Crippen molar-refractivity contribution >= 4 is 21.6 Å². The summed E-state index contributed by atoms with van der Waals surface area (Å²) in [4.78, 5) is 24.5. The molecule has 6 heteroatoms. The maximum absolute atomic E-state index is 13.0. The number of ketones is 1. The molecule has 0 saturated heterocycles. The van der Waals surface area contributed by atoms with Gasteiger partial charge in [-0.3, -0.25) is 9.59 Å². The average molecular weight is 388 g/mol. The average Bonchev–Trinajstić information content (AvgIpc) is 2.59. The van der Waals surface area contributed by atoms with E-state index in [0.29, 0.717) is 5.56 Å². The summed E-state index contributed by atoms with van der Waals surface area (Å²) < 4.78 is 30.8. The second-order valence-electron chi connectivity index (χ2n) is 6.75. The molecule has 0 saturated carbocycles. The van der Waals surface area contributed by atoms with Crippen LogP contribution >= 0.6 is 0 Å². The minimum Gasteiger partial charge on any atom is -0.462 e. The molecule has 0 unspecified atom stereocenters. The van der Waals surface area contributed by atoms with Gasteiger partial charge in [-0.1, -0.05) is 47.5 Å². The molecule has 0 aliphatic carbocycles. The fourth-order valence-corrected chi connectivity index (χ4v) is 4.42. The van der Waals surface area contributed by atoms with Crippen LogP contribution in [-0.4, -0.2) is 32.0 Å². The molecule has 0 spiro atoms. The van der Waals surface area contributed by atoms with E-state index < -0.39 is 33.6 Å². The lowest BCUT2D eigenvalue weighted by molar-refractivity contribution is -0.146. The number of sulfone groups is 1. The fourth-order valence-electron chi connectivity index (χ4n) is 2.78. The molecule has 144 valence electrons. The third kappa shape index (κ3) is 5.50. The van der Waals surface area contributed by atoms with Crippen molar-refractivity contribution in [3.63, 3.8) is 0 Å². The van der Waals surface area contributed by atoms with Crippen molar-refractivity contribution in [1.82, 2.24) is 0 Å². The number of hydrogen-bond acceptors (Lipinski definition) is 5. The highest BCUT2D eigenvalue weighted by molar-refractivity contribution is 7.91. The highest BCUT2D eigenvalue weighted by atomic mass is 32.2. The molecule has 0 radical (unpaired) electrons. The third-order valence-corrected chi connectivity index (χ3v) is 6.16. The number of rotatable bonds is 7. The van der Waals surface area contributed by atoms with Crippen LogP contribution in [0.25, 0.3) is 0 Å². The molecule has 5 nitrogen and oxygen atoms in total. The third-order valence-electron chi connectivity index (χ3n) is 4.37. The van der Waals surface area contributed by atoms with E-state index in [1.54, 1.807) is 43.3 Å². The van der Waals surface area contributed by atoms with Crippen LogP contribution < -0.4 is 0 Å². The van der Waals surface area contributed by atoms with Crippen LogP contribution in [0.3, 0.4) is 0 Å². The first-order valence-electron chi connectivity index (χ1n) is 8.67. The molecule has 0 bridgehead atoms. The Hall–Kier alpha value is -2.47. The summed E-state index contributed by atoms with van der Waals surface area (Å²) in [7, 11) is -3.73. The highest BCUT2D eigenvalue weighted by Crippen LogP contribution is 2.22. The Bertz CT molecular complexity index is 912. The Kier molecular flexibility index (Phi) is 6.54. The minimum atomic E-state index is -3.73. The second kappa shape index (κ2) is 8.48. The first-order chi connectivity index (χ1) is 12.6. The van der Waals surface area contributed by atoms with Crippen LogP contribution in [0, 0.1) is 19.8 Å². The topological polar surface area (TPSA) is 77.5 Å². The maximum Gasteiger partial charge on any atom is 0.302 e. The van der Waals surface area contributed by atoms with E-state index in [1.807, 2.05) is 13.8 Å². The van der Waals surface area contributed by atoms with Gasteiger partial charge in [0.2, 0.25) is 0 Å². The lowest BCUT2D eigenvalue weighted by atomic mass is 9.94. The van der Waals surface area contributed by atoms with Crippen molar-refractivity contribution in [3.05, 3.63) is 65.2 Å². The molecule has 0 aliphatic rings. The molecule has 0 aliphatic heterocycles. The largest absolute Gasteiger partial charge is 0.462 e. The second-order valence-corrected chi connectivity index (χ2v) is 8.78. The number of ether oxygens (including phenoxy) is 1. The first kappa shape index (κ1) is 20.8. The number of esters is 1. The SMILES string of the molecule is CC(=O)O[C@@H](C)[C@H](CS(=O)(=O)c1ccc(C)cc1)C(=O)c1ccc(C)cc1. The predicted octanol–water partition coefficient (Wildman–Crippen LogP) is 3.53. The van der Waals surface area contributed by atoms with Gasteiger partial charge in [0.25, 0.3) is 0 Å². The smallest absolute Gasteiger partial charge is 0.302 e. The number of carbonyl (C=O) groups is 2. The molecule has 0 heterocycles. The van der Waals surface area contributed by atoms with Gasteiger partial charge in [0.1, 0.15) is 6.10 Å². The molecule has 27 heavy (non-hydrogen) atoms. The molecule has 2 aromatic rings. The molecule has 0 N–H and O–H groups in total. The Labute approximate surface area is 160 Å². The number of Topliss-reactive ketones (excluding diaryl/α,β-unsaturated/α-hetero) is 1. The Morgan fingerprint density at radius 2 is 1.41 bits per heavy atom. The van der Waals surface area contributed by atoms with E-state index >= 15 is 0 Å². The molecule has 2 aromatic carbocycles. The highest BCUT2D eigenvalue weighted by Gasteiger charge is 2.33. The summed E-state index contributed by atoms with van der Waals surface area (Å²) in [6.07, 6.45) is -0.864. The summed E-state index contributed by atoms with van der Waals surface area (Å²) in [5.74, 6) is -2.35. The zero-order valence-electron chi connectivity index (χ0n) is 15.9. The lowest BCUT2D eigenvalue weighted by Crippen LogP contribution is -2.35. The minimum absolute atomic E-state index is 0.143. The van der Waals surface area contributed by atoms with Crippen LogP contribution in [0.5, 0.6) is 0 Å². The van der Waals surface area contributed by atoms with Gasteiger partial charge in [0.15, 0.2) is 15.6 Å². The first-order valence-corrected chi connectivity index (χ1v) is 10.3. The summed E-state index contributed by atoms with van der Waals surface area (Å²) >= 11 is 0. The molecule has 0 fully saturated rings. The Balaban J connectivity index is 2.37. The van der Waals surface area contributed by atoms with Gasteiger partial charge in [0, 0.05) is 12.5 Å². The molecular formula is C21H24O5S. The van der Waals surface area contributed by atoms with E-state index in [1.165, 1.54) is 19.1 Å². The van der Waals surface area contributed by atoms with E-state index in [-0.39, 0.29) is 10.7 Å². The normalized spacial score (nSPS) is 13.6. The fraction of sp³-hybridized carbons (Fsp3) is 0.333.